The number of thiophene rings is 1. The highest BCUT2D eigenvalue weighted by Crippen LogP contribution is 2.31. The van der Waals surface area contributed by atoms with E-state index >= 15 is 0 Å². The molecular weight excluding hydrogens is 349 g/mol. The van der Waals surface area contributed by atoms with Crippen molar-refractivity contribution < 1.29 is 9.53 Å². The molecule has 1 saturated heterocycles. The Kier molecular flexibility index (Phi) is 3.40. The van der Waals surface area contributed by atoms with Gasteiger partial charge in [0, 0.05) is 11.9 Å². The van der Waals surface area contributed by atoms with Crippen molar-refractivity contribution >= 4 is 39.8 Å². The number of amides is 1. The molecule has 1 amide bonds. The van der Waals surface area contributed by atoms with Gasteiger partial charge in [-0.25, -0.2) is 0 Å². The summed E-state index contributed by atoms with van der Waals surface area (Å²) in [5.41, 5.74) is 0.840. The van der Waals surface area contributed by atoms with Crippen molar-refractivity contribution in [3.63, 3.8) is 0 Å². The fourth-order valence-electron chi connectivity index (χ4n) is 2.77. The van der Waals surface area contributed by atoms with Crippen molar-refractivity contribution in [3.8, 4) is 0 Å². The van der Waals surface area contributed by atoms with Gasteiger partial charge in [0.25, 0.3) is 5.91 Å². The van der Waals surface area contributed by atoms with Crippen LogP contribution in [-0.4, -0.2) is 36.1 Å². The number of carbonyl (C=O) groups excluding carboxylic acids is 1. The van der Waals surface area contributed by atoms with Crippen LogP contribution in [0, 0.1) is 2.88 Å². The van der Waals surface area contributed by atoms with Crippen LogP contribution in [0.25, 0.3) is 0 Å². The van der Waals surface area contributed by atoms with E-state index in [-0.39, 0.29) is 12.0 Å². The van der Waals surface area contributed by atoms with E-state index in [0.717, 1.165) is 24.9 Å². The van der Waals surface area contributed by atoms with Gasteiger partial charge < -0.3 is 9.64 Å². The molecule has 92 valence electrons. The van der Waals surface area contributed by atoms with Gasteiger partial charge in [-0.3, -0.25) is 4.79 Å². The third kappa shape index (κ3) is 2.24. The van der Waals surface area contributed by atoms with Gasteiger partial charge in [0.05, 0.1) is 27.2 Å². The largest absolute Gasteiger partial charge is 0.374 e. The van der Waals surface area contributed by atoms with Gasteiger partial charge in [-0.1, -0.05) is 0 Å². The standard InChI is InChI=1S/C12H14INO2S/c13-11-6-8(7-17-11)12(15)14-4-5-16-10-3-1-2-9(10)14/h6-7,9-10H,1-5H2. The molecule has 2 atom stereocenters. The number of halogens is 1. The van der Waals surface area contributed by atoms with E-state index < -0.39 is 0 Å². The molecule has 2 aliphatic rings. The van der Waals surface area contributed by atoms with Crippen LogP contribution >= 0.6 is 33.9 Å². The maximum absolute atomic E-state index is 12.4. The minimum absolute atomic E-state index is 0.185. The summed E-state index contributed by atoms with van der Waals surface area (Å²) in [4.78, 5) is 14.5. The van der Waals surface area contributed by atoms with E-state index in [0.29, 0.717) is 12.6 Å². The average Bonchev–Trinajstić information content (AvgIpc) is 2.95. The Labute approximate surface area is 118 Å². The number of rotatable bonds is 1. The fraction of sp³-hybridized carbons (Fsp3) is 0.583. The first-order chi connectivity index (χ1) is 8.25. The lowest BCUT2D eigenvalue weighted by molar-refractivity contribution is -0.0445. The third-order valence-electron chi connectivity index (χ3n) is 3.56. The Balaban J connectivity index is 1.81. The highest BCUT2D eigenvalue weighted by molar-refractivity contribution is 14.1. The second kappa shape index (κ2) is 4.85. The van der Waals surface area contributed by atoms with Gasteiger partial charge >= 0.3 is 0 Å². The lowest BCUT2D eigenvalue weighted by atomic mass is 10.1. The molecule has 0 spiro atoms. The molecule has 0 aromatic carbocycles. The number of hydrogen-bond donors (Lipinski definition) is 0. The topological polar surface area (TPSA) is 29.5 Å². The first-order valence-corrected chi connectivity index (χ1v) is 7.88. The van der Waals surface area contributed by atoms with Crippen LogP contribution in [0.1, 0.15) is 29.6 Å². The maximum Gasteiger partial charge on any atom is 0.255 e. The molecule has 1 aliphatic carbocycles. The zero-order valence-electron chi connectivity index (χ0n) is 9.39. The van der Waals surface area contributed by atoms with Gasteiger partial charge in [-0.2, -0.15) is 0 Å². The van der Waals surface area contributed by atoms with Crippen molar-refractivity contribution in [1.29, 1.82) is 0 Å². The van der Waals surface area contributed by atoms with E-state index in [1.54, 1.807) is 11.3 Å². The molecule has 0 N–H and O–H groups in total. The molecule has 1 aliphatic heterocycles. The predicted octanol–water partition coefficient (Wildman–Crippen LogP) is 2.75. The Morgan fingerprint density at radius 2 is 2.41 bits per heavy atom. The molecule has 2 unspecified atom stereocenters. The molecule has 3 rings (SSSR count). The number of morpholine rings is 1. The van der Waals surface area contributed by atoms with E-state index in [4.69, 9.17) is 4.74 Å². The van der Waals surface area contributed by atoms with Crippen molar-refractivity contribution in [1.82, 2.24) is 4.90 Å². The molecule has 1 saturated carbocycles. The molecule has 1 aromatic rings. The Morgan fingerprint density at radius 3 is 3.18 bits per heavy atom. The summed E-state index contributed by atoms with van der Waals surface area (Å²) in [6.45, 7) is 1.43. The first kappa shape index (κ1) is 11.9. The summed E-state index contributed by atoms with van der Waals surface area (Å²) in [7, 11) is 0. The fourth-order valence-corrected chi connectivity index (χ4v) is 4.09. The molecule has 2 heterocycles. The van der Waals surface area contributed by atoms with Gasteiger partial charge in [0.2, 0.25) is 0 Å². The van der Waals surface area contributed by atoms with Crippen LogP contribution in [0.3, 0.4) is 0 Å². The van der Waals surface area contributed by atoms with E-state index in [2.05, 4.69) is 22.6 Å². The molecule has 0 radical (unpaired) electrons. The lowest BCUT2D eigenvalue weighted by Crippen LogP contribution is -2.51. The average molecular weight is 363 g/mol. The highest BCUT2D eigenvalue weighted by atomic mass is 127. The first-order valence-electron chi connectivity index (χ1n) is 5.92. The van der Waals surface area contributed by atoms with E-state index in [1.165, 1.54) is 9.30 Å². The minimum atomic E-state index is 0.185. The molecule has 5 heteroatoms. The summed E-state index contributed by atoms with van der Waals surface area (Å²) in [6, 6.07) is 2.29. The van der Waals surface area contributed by atoms with Crippen LogP contribution in [0.15, 0.2) is 11.4 Å². The predicted molar refractivity (Wildman–Crippen MR) is 75.5 cm³/mol. The zero-order valence-corrected chi connectivity index (χ0v) is 12.4. The minimum Gasteiger partial charge on any atom is -0.374 e. The van der Waals surface area contributed by atoms with Crippen LogP contribution in [-0.2, 0) is 4.74 Å². The van der Waals surface area contributed by atoms with E-state index in [1.807, 2.05) is 16.3 Å². The number of carbonyl (C=O) groups is 1. The van der Waals surface area contributed by atoms with Crippen molar-refractivity contribution in [2.45, 2.75) is 31.4 Å². The van der Waals surface area contributed by atoms with Gasteiger partial charge in [-0.05, 0) is 47.9 Å². The van der Waals surface area contributed by atoms with Crippen LogP contribution in [0.5, 0.6) is 0 Å². The van der Waals surface area contributed by atoms with Gasteiger partial charge in [-0.15, -0.1) is 11.3 Å². The summed E-state index contributed by atoms with van der Waals surface area (Å²) < 4.78 is 6.90. The van der Waals surface area contributed by atoms with Crippen molar-refractivity contribution in [3.05, 3.63) is 19.9 Å². The third-order valence-corrected chi connectivity index (χ3v) is 5.35. The molecular formula is C12H14INO2S. The number of ether oxygens (including phenoxy) is 1. The van der Waals surface area contributed by atoms with Crippen molar-refractivity contribution in [2.24, 2.45) is 0 Å². The van der Waals surface area contributed by atoms with E-state index in [9.17, 15) is 4.79 Å². The number of fused-ring (bicyclic) bond motifs is 1. The highest BCUT2D eigenvalue weighted by Gasteiger charge is 2.38. The lowest BCUT2D eigenvalue weighted by Gasteiger charge is -2.37. The van der Waals surface area contributed by atoms with Crippen LogP contribution < -0.4 is 0 Å². The zero-order chi connectivity index (χ0) is 11.8. The quantitative estimate of drug-likeness (QED) is 0.719. The molecule has 1 aromatic heterocycles. The Hall–Kier alpha value is -0.140. The second-order valence-electron chi connectivity index (χ2n) is 4.55. The molecule has 3 nitrogen and oxygen atoms in total. The van der Waals surface area contributed by atoms with Crippen molar-refractivity contribution in [2.75, 3.05) is 13.2 Å². The summed E-state index contributed by atoms with van der Waals surface area (Å²) in [5, 5.41) is 1.96. The smallest absolute Gasteiger partial charge is 0.255 e. The van der Waals surface area contributed by atoms with Crippen LogP contribution in [0.4, 0.5) is 0 Å². The summed E-state index contributed by atoms with van der Waals surface area (Å²) in [6.07, 6.45) is 3.67. The monoisotopic (exact) mass is 363 g/mol. The van der Waals surface area contributed by atoms with Gasteiger partial charge in [0.15, 0.2) is 0 Å². The van der Waals surface area contributed by atoms with Gasteiger partial charge in [0.1, 0.15) is 0 Å². The summed E-state index contributed by atoms with van der Waals surface area (Å²) in [5.74, 6) is 0.185. The normalized spacial score (nSPS) is 28.2. The van der Waals surface area contributed by atoms with Crippen LogP contribution in [0.2, 0.25) is 0 Å². The Bertz CT molecular complexity index is 434. The maximum atomic E-state index is 12.4. The Morgan fingerprint density at radius 1 is 1.53 bits per heavy atom. The second-order valence-corrected chi connectivity index (χ2v) is 7.35. The molecule has 2 fully saturated rings. The SMILES string of the molecule is O=C(c1csc(I)c1)N1CCOC2CCCC21. The molecule has 17 heavy (non-hydrogen) atoms. The summed E-state index contributed by atoms with van der Waals surface area (Å²) >= 11 is 3.89. The number of hydrogen-bond acceptors (Lipinski definition) is 3. The molecule has 0 bridgehead atoms. The number of nitrogens with zero attached hydrogens (tertiary/aromatic N) is 1.